The van der Waals surface area contributed by atoms with Crippen molar-refractivity contribution in [3.05, 3.63) is 95.1 Å². The van der Waals surface area contributed by atoms with E-state index in [1.165, 1.54) is 40.7 Å². The minimum absolute atomic E-state index is 0.205. The lowest BCUT2D eigenvalue weighted by molar-refractivity contribution is -0.123. The number of rotatable bonds is 8. The van der Waals surface area contributed by atoms with E-state index in [1.54, 1.807) is 0 Å². The van der Waals surface area contributed by atoms with Gasteiger partial charge in [0.2, 0.25) is 0 Å². The van der Waals surface area contributed by atoms with E-state index in [0.717, 1.165) is 50.6 Å². The highest BCUT2D eigenvalue weighted by atomic mass is 16.2. The first-order valence-corrected chi connectivity index (χ1v) is 14.2. The van der Waals surface area contributed by atoms with Crippen molar-refractivity contribution in [2.24, 2.45) is 5.92 Å². The average Bonchev–Trinajstić information content (AvgIpc) is 3.43. The van der Waals surface area contributed by atoms with Crippen molar-refractivity contribution < 1.29 is 9.59 Å². The zero-order valence-corrected chi connectivity index (χ0v) is 21.9. The third-order valence-corrected chi connectivity index (χ3v) is 9.23. The van der Waals surface area contributed by atoms with Gasteiger partial charge in [0.25, 0.3) is 5.91 Å². The summed E-state index contributed by atoms with van der Waals surface area (Å²) in [4.78, 5) is 29.3. The lowest BCUT2D eigenvalue weighted by atomic mass is 9.70. The van der Waals surface area contributed by atoms with Crippen LogP contribution in [0.5, 0.6) is 0 Å². The SMILES string of the molecule is CCCC1(C(=O)CCCC2CCCC(N3Cc4ccccc4C3=O)C2)c2ccccc2-c2ccccc21. The summed E-state index contributed by atoms with van der Waals surface area (Å²) in [6, 6.07) is 25.4. The molecule has 1 heterocycles. The van der Waals surface area contributed by atoms with E-state index in [-0.39, 0.29) is 5.91 Å². The summed E-state index contributed by atoms with van der Waals surface area (Å²) in [5.74, 6) is 1.18. The fourth-order valence-electron chi connectivity index (χ4n) is 7.55. The van der Waals surface area contributed by atoms with Gasteiger partial charge >= 0.3 is 0 Å². The topological polar surface area (TPSA) is 37.4 Å². The minimum atomic E-state index is -0.509. The number of Topliss-reactive ketones (excluding diaryl/α,β-unsaturated/α-hetero) is 1. The second kappa shape index (κ2) is 9.93. The Labute approximate surface area is 220 Å². The predicted molar refractivity (Wildman–Crippen MR) is 148 cm³/mol. The van der Waals surface area contributed by atoms with E-state index in [1.807, 2.05) is 18.2 Å². The monoisotopic (exact) mass is 491 g/mol. The maximum absolute atomic E-state index is 14.1. The van der Waals surface area contributed by atoms with Crippen LogP contribution < -0.4 is 0 Å². The van der Waals surface area contributed by atoms with E-state index >= 15 is 0 Å². The third kappa shape index (κ3) is 4.04. The molecule has 1 fully saturated rings. The van der Waals surface area contributed by atoms with Crippen LogP contribution in [0.1, 0.15) is 91.8 Å². The van der Waals surface area contributed by atoms with E-state index in [4.69, 9.17) is 0 Å². The molecule has 0 radical (unpaired) electrons. The molecule has 0 saturated heterocycles. The van der Waals surface area contributed by atoms with Crippen LogP contribution in [0.25, 0.3) is 11.1 Å². The Balaban J connectivity index is 1.14. The van der Waals surface area contributed by atoms with Crippen molar-refractivity contribution in [3.8, 4) is 11.1 Å². The van der Waals surface area contributed by atoms with Crippen molar-refractivity contribution in [2.75, 3.05) is 0 Å². The van der Waals surface area contributed by atoms with E-state index in [0.29, 0.717) is 24.2 Å². The standard InChI is InChI=1S/C34H37NO2/c1-2-21-34(30-18-7-5-16-28(30)29-17-6-8-19-31(29)34)32(36)20-10-12-24-11-9-14-26(22-24)35-23-25-13-3-4-15-27(25)33(35)37/h3-8,13,15-19,24,26H,2,9-12,14,20-23H2,1H3. The molecule has 6 rings (SSSR count). The molecule has 3 aromatic carbocycles. The smallest absolute Gasteiger partial charge is 0.254 e. The summed E-state index contributed by atoms with van der Waals surface area (Å²) in [7, 11) is 0. The first kappa shape index (κ1) is 24.2. The second-order valence-corrected chi connectivity index (χ2v) is 11.3. The summed E-state index contributed by atoms with van der Waals surface area (Å²) in [6.45, 7) is 2.95. The number of carbonyl (C=O) groups is 2. The lowest BCUT2D eigenvalue weighted by Crippen LogP contribution is -2.39. The van der Waals surface area contributed by atoms with E-state index in [9.17, 15) is 9.59 Å². The first-order valence-electron chi connectivity index (χ1n) is 14.2. The average molecular weight is 492 g/mol. The zero-order chi connectivity index (χ0) is 25.4. The Morgan fingerprint density at radius 1 is 0.892 bits per heavy atom. The van der Waals surface area contributed by atoms with Gasteiger partial charge in [-0.05, 0) is 71.9 Å². The van der Waals surface area contributed by atoms with Crippen molar-refractivity contribution in [3.63, 3.8) is 0 Å². The van der Waals surface area contributed by atoms with Crippen molar-refractivity contribution in [1.82, 2.24) is 4.90 Å². The highest BCUT2D eigenvalue weighted by Crippen LogP contribution is 2.52. The molecule has 3 nitrogen and oxygen atoms in total. The van der Waals surface area contributed by atoms with Crippen LogP contribution in [-0.4, -0.2) is 22.6 Å². The van der Waals surface area contributed by atoms with Crippen LogP contribution in [0.15, 0.2) is 72.8 Å². The largest absolute Gasteiger partial charge is 0.331 e. The molecule has 3 heteroatoms. The molecule has 1 saturated carbocycles. The van der Waals surface area contributed by atoms with Gasteiger partial charge in [-0.2, -0.15) is 0 Å². The molecule has 37 heavy (non-hydrogen) atoms. The lowest BCUT2D eigenvalue weighted by Gasteiger charge is -2.35. The van der Waals surface area contributed by atoms with E-state index in [2.05, 4.69) is 66.4 Å². The predicted octanol–water partition coefficient (Wildman–Crippen LogP) is 7.71. The molecule has 1 amide bonds. The van der Waals surface area contributed by atoms with Gasteiger partial charge in [0, 0.05) is 24.6 Å². The third-order valence-electron chi connectivity index (χ3n) is 9.23. The molecule has 0 bridgehead atoms. The van der Waals surface area contributed by atoms with Crippen LogP contribution in [0, 0.1) is 5.92 Å². The Morgan fingerprint density at radius 2 is 1.54 bits per heavy atom. The summed E-state index contributed by atoms with van der Waals surface area (Å²) < 4.78 is 0. The molecule has 2 atom stereocenters. The molecule has 1 aliphatic heterocycles. The Morgan fingerprint density at radius 3 is 2.22 bits per heavy atom. The summed E-state index contributed by atoms with van der Waals surface area (Å²) in [5.41, 5.74) is 6.40. The minimum Gasteiger partial charge on any atom is -0.331 e. The molecular weight excluding hydrogens is 454 g/mol. The zero-order valence-electron chi connectivity index (χ0n) is 21.9. The molecule has 3 aromatic rings. The number of carbonyl (C=O) groups excluding carboxylic acids is 2. The molecular formula is C34H37NO2. The fourth-order valence-corrected chi connectivity index (χ4v) is 7.55. The van der Waals surface area contributed by atoms with Gasteiger partial charge in [0.1, 0.15) is 5.78 Å². The summed E-state index contributed by atoms with van der Waals surface area (Å²) in [5, 5.41) is 0. The molecule has 3 aliphatic rings. The highest BCUT2D eigenvalue weighted by molar-refractivity contribution is 6.01. The number of amides is 1. The number of ketones is 1. The van der Waals surface area contributed by atoms with Gasteiger partial charge in [-0.25, -0.2) is 0 Å². The highest BCUT2D eigenvalue weighted by Gasteiger charge is 2.47. The molecule has 0 N–H and O–H groups in total. The molecule has 2 aliphatic carbocycles. The van der Waals surface area contributed by atoms with E-state index < -0.39 is 5.41 Å². The van der Waals surface area contributed by atoms with Crippen LogP contribution in [0.4, 0.5) is 0 Å². The quantitative estimate of drug-likeness (QED) is 0.324. The van der Waals surface area contributed by atoms with Gasteiger partial charge in [-0.1, -0.05) is 92.9 Å². The molecule has 0 aromatic heterocycles. The molecule has 190 valence electrons. The Bertz CT molecular complexity index is 1280. The number of fused-ring (bicyclic) bond motifs is 4. The van der Waals surface area contributed by atoms with Crippen molar-refractivity contribution >= 4 is 11.7 Å². The van der Waals surface area contributed by atoms with Crippen LogP contribution >= 0.6 is 0 Å². The second-order valence-electron chi connectivity index (χ2n) is 11.3. The Hall–Kier alpha value is -3.20. The number of hydrogen-bond donors (Lipinski definition) is 0. The van der Waals surface area contributed by atoms with Crippen LogP contribution in [0.3, 0.4) is 0 Å². The fraction of sp³-hybridized carbons (Fsp3) is 0.412. The normalized spacial score (nSPS) is 21.4. The van der Waals surface area contributed by atoms with Gasteiger partial charge in [0.15, 0.2) is 0 Å². The maximum atomic E-state index is 14.1. The van der Waals surface area contributed by atoms with Crippen molar-refractivity contribution in [2.45, 2.75) is 82.7 Å². The van der Waals surface area contributed by atoms with Gasteiger partial charge in [-0.15, -0.1) is 0 Å². The molecule has 0 spiro atoms. The van der Waals surface area contributed by atoms with Crippen LogP contribution in [0.2, 0.25) is 0 Å². The van der Waals surface area contributed by atoms with Gasteiger partial charge in [-0.3, -0.25) is 9.59 Å². The Kier molecular flexibility index (Phi) is 6.48. The summed E-state index contributed by atoms with van der Waals surface area (Å²) >= 11 is 0. The number of nitrogens with zero attached hydrogens (tertiary/aromatic N) is 1. The summed E-state index contributed by atoms with van der Waals surface area (Å²) in [6.07, 6.45) is 9.02. The van der Waals surface area contributed by atoms with Crippen molar-refractivity contribution in [1.29, 1.82) is 0 Å². The van der Waals surface area contributed by atoms with Gasteiger partial charge in [0.05, 0.1) is 5.41 Å². The maximum Gasteiger partial charge on any atom is 0.254 e. The molecule has 2 unspecified atom stereocenters. The first-order chi connectivity index (χ1) is 18.1. The number of hydrogen-bond acceptors (Lipinski definition) is 2. The van der Waals surface area contributed by atoms with Crippen LogP contribution in [-0.2, 0) is 16.8 Å². The number of benzene rings is 3. The van der Waals surface area contributed by atoms with Gasteiger partial charge < -0.3 is 4.90 Å².